The van der Waals surface area contributed by atoms with Crippen molar-refractivity contribution in [3.8, 4) is 5.69 Å². The summed E-state index contributed by atoms with van der Waals surface area (Å²) < 4.78 is 80.0. The highest BCUT2D eigenvalue weighted by Gasteiger charge is 2.37. The van der Waals surface area contributed by atoms with Gasteiger partial charge >= 0.3 is 12.4 Å². The predicted octanol–water partition coefficient (Wildman–Crippen LogP) is 6.05. The second-order valence-corrected chi connectivity index (χ2v) is 7.93. The molecule has 2 aromatic heterocycles. The van der Waals surface area contributed by atoms with Gasteiger partial charge in [0, 0.05) is 23.5 Å². The van der Waals surface area contributed by atoms with E-state index in [-0.39, 0.29) is 22.5 Å². The highest BCUT2D eigenvalue weighted by atomic mass is 35.5. The Labute approximate surface area is 194 Å². The van der Waals surface area contributed by atoms with Gasteiger partial charge in [-0.05, 0) is 38.1 Å². The van der Waals surface area contributed by atoms with Crippen molar-refractivity contribution in [2.75, 3.05) is 0 Å². The summed E-state index contributed by atoms with van der Waals surface area (Å²) in [6.45, 7) is 3.20. The summed E-state index contributed by atoms with van der Waals surface area (Å²) in [6.07, 6.45) is -7.21. The minimum absolute atomic E-state index is 0.0497. The van der Waals surface area contributed by atoms with E-state index in [0.29, 0.717) is 22.7 Å². The molecule has 0 aliphatic carbocycles. The number of pyridine rings is 1. The van der Waals surface area contributed by atoms with Gasteiger partial charge < -0.3 is 5.32 Å². The van der Waals surface area contributed by atoms with Gasteiger partial charge in [-0.15, -0.1) is 12.6 Å². The van der Waals surface area contributed by atoms with E-state index in [4.69, 9.17) is 11.6 Å². The minimum atomic E-state index is -5.08. The van der Waals surface area contributed by atoms with Gasteiger partial charge in [0.2, 0.25) is 0 Å². The van der Waals surface area contributed by atoms with Gasteiger partial charge in [0.15, 0.2) is 0 Å². The molecule has 0 bridgehead atoms. The molecule has 1 amide bonds. The van der Waals surface area contributed by atoms with Crippen LogP contribution in [0.4, 0.5) is 26.3 Å². The fraction of sp³-hybridized carbons (Fsp3) is 0.250. The Balaban J connectivity index is 1.99. The van der Waals surface area contributed by atoms with Crippen molar-refractivity contribution in [3.63, 3.8) is 0 Å². The van der Waals surface area contributed by atoms with E-state index >= 15 is 0 Å². The topological polar surface area (TPSA) is 59.8 Å². The van der Waals surface area contributed by atoms with Crippen molar-refractivity contribution in [2.24, 2.45) is 0 Å². The van der Waals surface area contributed by atoms with Gasteiger partial charge in [0.05, 0.1) is 27.9 Å². The average molecular weight is 509 g/mol. The van der Waals surface area contributed by atoms with Crippen LogP contribution in [0.25, 0.3) is 5.69 Å². The standard InChI is InChI=1S/C20H15ClF6N4OS/c1-9-8-31(30-18(9)33)16-14(21)3-4-28-15(16)10(2)29-17(32)11-5-12(19(22,23)24)7-13(6-11)20(25,26)27/h3-8,10H,1-2H3,(H,29,32)(H,30,33). The fourth-order valence-corrected chi connectivity index (χ4v) is 3.38. The Kier molecular flexibility index (Phi) is 6.72. The first-order valence-corrected chi connectivity index (χ1v) is 10.0. The second kappa shape index (κ2) is 8.90. The van der Waals surface area contributed by atoms with Crippen LogP contribution < -0.4 is 5.32 Å². The van der Waals surface area contributed by atoms with Crippen LogP contribution in [-0.2, 0) is 12.4 Å². The summed E-state index contributed by atoms with van der Waals surface area (Å²) in [5.41, 5.74) is -2.81. The lowest BCUT2D eigenvalue weighted by Gasteiger charge is -2.19. The lowest BCUT2D eigenvalue weighted by atomic mass is 10.0. The zero-order valence-corrected chi connectivity index (χ0v) is 18.5. The Morgan fingerprint density at radius 1 is 1.12 bits per heavy atom. The van der Waals surface area contributed by atoms with Crippen molar-refractivity contribution < 1.29 is 31.1 Å². The molecular weight excluding hydrogens is 494 g/mol. The van der Waals surface area contributed by atoms with Crippen molar-refractivity contribution in [2.45, 2.75) is 37.3 Å². The van der Waals surface area contributed by atoms with Crippen LogP contribution in [0.2, 0.25) is 5.02 Å². The maximum absolute atomic E-state index is 13.1. The summed E-state index contributed by atoms with van der Waals surface area (Å²) in [5.74, 6) is -1.15. The van der Waals surface area contributed by atoms with Crippen LogP contribution in [0.15, 0.2) is 41.7 Å². The Bertz CT molecular complexity index is 1160. The number of halogens is 7. The van der Waals surface area contributed by atoms with Crippen molar-refractivity contribution in [1.82, 2.24) is 20.1 Å². The third kappa shape index (κ3) is 5.44. The van der Waals surface area contributed by atoms with E-state index in [1.165, 1.54) is 23.9 Å². The number of rotatable bonds is 4. The maximum atomic E-state index is 13.1. The Morgan fingerprint density at radius 2 is 1.70 bits per heavy atom. The number of aryl methyl sites for hydroxylation is 1. The number of benzene rings is 1. The fourth-order valence-electron chi connectivity index (χ4n) is 2.99. The van der Waals surface area contributed by atoms with Crippen LogP contribution in [0.5, 0.6) is 0 Å². The summed E-state index contributed by atoms with van der Waals surface area (Å²) in [4.78, 5) is 16.8. The molecule has 0 spiro atoms. The van der Waals surface area contributed by atoms with E-state index in [2.05, 4.69) is 28.0 Å². The molecule has 3 aromatic rings. The normalized spacial score (nSPS) is 13.2. The molecule has 2 heterocycles. The highest BCUT2D eigenvalue weighted by molar-refractivity contribution is 7.80. The number of alkyl halides is 6. The summed E-state index contributed by atoms with van der Waals surface area (Å²) in [5, 5.41) is 7.17. The Morgan fingerprint density at radius 3 is 2.18 bits per heavy atom. The predicted molar refractivity (Wildman–Crippen MR) is 111 cm³/mol. The third-order valence-electron chi connectivity index (χ3n) is 4.61. The smallest absolute Gasteiger partial charge is 0.344 e. The maximum Gasteiger partial charge on any atom is 0.416 e. The van der Waals surface area contributed by atoms with E-state index in [1.54, 1.807) is 13.1 Å². The quantitative estimate of drug-likeness (QED) is 0.333. The van der Waals surface area contributed by atoms with E-state index in [9.17, 15) is 31.1 Å². The summed E-state index contributed by atoms with van der Waals surface area (Å²) in [6, 6.07) is 1.17. The summed E-state index contributed by atoms with van der Waals surface area (Å²) in [7, 11) is 0. The van der Waals surface area contributed by atoms with Crippen LogP contribution in [0, 0.1) is 6.92 Å². The first-order chi connectivity index (χ1) is 15.2. The minimum Gasteiger partial charge on any atom is -0.344 e. The second-order valence-electron chi connectivity index (χ2n) is 7.10. The number of nitrogens with one attached hydrogen (secondary N) is 1. The van der Waals surface area contributed by atoms with Gasteiger partial charge in [-0.2, -0.15) is 31.4 Å². The van der Waals surface area contributed by atoms with Crippen molar-refractivity contribution >= 4 is 30.1 Å². The van der Waals surface area contributed by atoms with Crippen LogP contribution in [0.1, 0.15) is 45.7 Å². The first-order valence-electron chi connectivity index (χ1n) is 9.19. The number of nitrogens with zero attached hydrogens (tertiary/aromatic N) is 3. The average Bonchev–Trinajstić information content (AvgIpc) is 3.04. The molecule has 0 aliphatic heterocycles. The van der Waals surface area contributed by atoms with Crippen LogP contribution >= 0.6 is 24.2 Å². The highest BCUT2D eigenvalue weighted by Crippen LogP contribution is 2.36. The van der Waals surface area contributed by atoms with Gasteiger partial charge in [0.1, 0.15) is 10.7 Å². The number of carbonyl (C=O) groups is 1. The van der Waals surface area contributed by atoms with Crippen molar-refractivity contribution in [1.29, 1.82) is 0 Å². The zero-order chi connectivity index (χ0) is 24.7. The molecule has 3 rings (SSSR count). The first kappa shape index (κ1) is 24.9. The molecule has 1 N–H and O–H groups in total. The molecule has 33 heavy (non-hydrogen) atoms. The molecule has 0 saturated carbocycles. The van der Waals surface area contributed by atoms with Crippen LogP contribution in [-0.4, -0.2) is 20.7 Å². The molecule has 5 nitrogen and oxygen atoms in total. The van der Waals surface area contributed by atoms with Gasteiger partial charge in [-0.1, -0.05) is 11.6 Å². The molecule has 176 valence electrons. The molecule has 1 aromatic carbocycles. The van der Waals surface area contributed by atoms with Gasteiger partial charge in [-0.3, -0.25) is 9.78 Å². The van der Waals surface area contributed by atoms with E-state index in [1.807, 2.05) is 0 Å². The Hall–Kier alpha value is -2.73. The molecule has 1 atom stereocenters. The SMILES string of the molecule is Cc1cn(-c2c(Cl)ccnc2C(C)NC(=O)c2cc(C(F)(F)F)cc(C(F)(F)F)c2)nc1S. The number of carbonyl (C=O) groups excluding carboxylic acids is 1. The lowest BCUT2D eigenvalue weighted by molar-refractivity contribution is -0.143. The van der Waals surface area contributed by atoms with Crippen LogP contribution in [0.3, 0.4) is 0 Å². The monoisotopic (exact) mass is 508 g/mol. The zero-order valence-electron chi connectivity index (χ0n) is 16.9. The largest absolute Gasteiger partial charge is 0.416 e. The number of hydrogen-bond donors (Lipinski definition) is 2. The molecule has 0 saturated heterocycles. The van der Waals surface area contributed by atoms with Gasteiger partial charge in [0.25, 0.3) is 5.91 Å². The molecule has 1 unspecified atom stereocenters. The third-order valence-corrected chi connectivity index (χ3v) is 5.36. The number of aromatic nitrogens is 3. The van der Waals surface area contributed by atoms with Crippen molar-refractivity contribution in [3.05, 3.63) is 69.6 Å². The molecular formula is C20H15ClF6N4OS. The number of hydrogen-bond acceptors (Lipinski definition) is 4. The lowest BCUT2D eigenvalue weighted by Crippen LogP contribution is -2.29. The molecule has 0 radical (unpaired) electrons. The molecule has 0 aliphatic rings. The summed E-state index contributed by atoms with van der Waals surface area (Å²) >= 11 is 10.5. The number of amides is 1. The number of thiol groups is 1. The molecule has 0 fully saturated rings. The van der Waals surface area contributed by atoms with E-state index < -0.39 is 41.0 Å². The van der Waals surface area contributed by atoms with Gasteiger partial charge in [-0.25, -0.2) is 4.68 Å². The van der Waals surface area contributed by atoms with E-state index in [0.717, 1.165) is 0 Å². The molecule has 13 heteroatoms.